The van der Waals surface area contributed by atoms with Crippen molar-refractivity contribution in [1.29, 1.82) is 0 Å². The molecule has 1 fully saturated rings. The third kappa shape index (κ3) is 4.37. The summed E-state index contributed by atoms with van der Waals surface area (Å²) in [6.45, 7) is 2.34. The van der Waals surface area contributed by atoms with Gasteiger partial charge in [0.05, 0.1) is 7.11 Å². The molecule has 0 spiro atoms. The number of ether oxygens (including phenoxy) is 1. The van der Waals surface area contributed by atoms with E-state index in [9.17, 15) is 8.42 Å². The first kappa shape index (κ1) is 16.2. The van der Waals surface area contributed by atoms with Crippen molar-refractivity contribution in [2.75, 3.05) is 34.3 Å². The number of methoxy groups -OCH3 is 1. The quantitative estimate of drug-likeness (QED) is 0.804. The summed E-state index contributed by atoms with van der Waals surface area (Å²) in [5.74, 6) is 0.594. The number of hydrogen-bond acceptors (Lipinski definition) is 5. The average molecular weight is 314 g/mol. The number of hydrogen-bond donors (Lipinski definition) is 1. The van der Waals surface area contributed by atoms with Gasteiger partial charge in [-0.15, -0.1) is 0 Å². The number of nitrogens with one attached hydrogen (secondary N) is 1. The van der Waals surface area contributed by atoms with E-state index in [2.05, 4.69) is 14.6 Å². The largest absolute Gasteiger partial charge is 0.481 e. The molecule has 0 amide bonds. The lowest BCUT2D eigenvalue weighted by molar-refractivity contribution is 0.323. The van der Waals surface area contributed by atoms with Gasteiger partial charge in [0, 0.05) is 52.0 Å². The van der Waals surface area contributed by atoms with Crippen molar-refractivity contribution in [3.05, 3.63) is 23.9 Å². The number of likely N-dealkylation sites (tertiary alicyclic amines) is 1. The molecule has 2 rings (SSSR count). The third-order valence-electron chi connectivity index (χ3n) is 3.48. The van der Waals surface area contributed by atoms with Crippen LogP contribution in [0, 0.1) is 0 Å². The molecule has 0 bridgehead atoms. The van der Waals surface area contributed by atoms with Crippen molar-refractivity contribution in [3.8, 4) is 5.88 Å². The van der Waals surface area contributed by atoms with Gasteiger partial charge >= 0.3 is 0 Å². The molecule has 1 aromatic heterocycles. The van der Waals surface area contributed by atoms with Gasteiger partial charge in [-0.3, -0.25) is 4.90 Å². The van der Waals surface area contributed by atoms with Crippen molar-refractivity contribution >= 4 is 10.2 Å². The van der Waals surface area contributed by atoms with Crippen LogP contribution in [0.25, 0.3) is 0 Å². The molecule has 8 heteroatoms. The maximum atomic E-state index is 11.8. The Morgan fingerprint density at radius 2 is 2.24 bits per heavy atom. The van der Waals surface area contributed by atoms with Gasteiger partial charge in [0.15, 0.2) is 0 Å². The summed E-state index contributed by atoms with van der Waals surface area (Å²) in [4.78, 5) is 6.39. The molecule has 1 aliphatic rings. The summed E-state index contributed by atoms with van der Waals surface area (Å²) in [5, 5.41) is 0. The molecule has 1 aliphatic heterocycles. The van der Waals surface area contributed by atoms with Crippen molar-refractivity contribution < 1.29 is 13.2 Å². The molecule has 0 saturated carbocycles. The van der Waals surface area contributed by atoms with Gasteiger partial charge in [0.2, 0.25) is 5.88 Å². The number of pyridine rings is 1. The lowest BCUT2D eigenvalue weighted by Crippen LogP contribution is -2.43. The van der Waals surface area contributed by atoms with Gasteiger partial charge in [-0.1, -0.05) is 6.07 Å². The minimum absolute atomic E-state index is 0.0383. The number of rotatable bonds is 6. The predicted octanol–water partition coefficient (Wildman–Crippen LogP) is 0.0605. The fourth-order valence-corrected chi connectivity index (χ4v) is 3.10. The molecule has 21 heavy (non-hydrogen) atoms. The van der Waals surface area contributed by atoms with Crippen molar-refractivity contribution in [1.82, 2.24) is 18.9 Å². The fourth-order valence-electron chi connectivity index (χ4n) is 2.27. The van der Waals surface area contributed by atoms with Crippen LogP contribution in [0.5, 0.6) is 5.88 Å². The molecular formula is C13H22N4O3S. The van der Waals surface area contributed by atoms with Gasteiger partial charge in [-0.05, 0) is 12.0 Å². The van der Waals surface area contributed by atoms with Crippen molar-refractivity contribution in [2.24, 2.45) is 0 Å². The maximum absolute atomic E-state index is 11.8. The highest BCUT2D eigenvalue weighted by atomic mass is 32.2. The first-order valence-corrected chi connectivity index (χ1v) is 8.26. The second-order valence-electron chi connectivity index (χ2n) is 5.33. The highest BCUT2D eigenvalue weighted by Gasteiger charge is 2.27. The molecule has 1 saturated heterocycles. The normalized spacial score (nSPS) is 20.1. The van der Waals surface area contributed by atoms with Gasteiger partial charge in [-0.2, -0.15) is 17.4 Å². The van der Waals surface area contributed by atoms with E-state index in [1.807, 2.05) is 12.1 Å². The zero-order valence-corrected chi connectivity index (χ0v) is 13.4. The first-order chi connectivity index (χ1) is 9.90. The minimum atomic E-state index is -3.36. The van der Waals surface area contributed by atoms with E-state index >= 15 is 0 Å². The summed E-state index contributed by atoms with van der Waals surface area (Å²) in [5.41, 5.74) is 1.09. The first-order valence-electron chi connectivity index (χ1n) is 6.82. The smallest absolute Gasteiger partial charge is 0.279 e. The zero-order valence-electron chi connectivity index (χ0n) is 12.6. The van der Waals surface area contributed by atoms with Crippen LogP contribution in [0.4, 0.5) is 0 Å². The van der Waals surface area contributed by atoms with Gasteiger partial charge in [0.25, 0.3) is 10.2 Å². The Morgan fingerprint density at radius 1 is 1.48 bits per heavy atom. The number of nitrogens with zero attached hydrogens (tertiary/aromatic N) is 3. The fraction of sp³-hybridized carbons (Fsp3) is 0.615. The summed E-state index contributed by atoms with van der Waals surface area (Å²) < 4.78 is 32.5. The third-order valence-corrected chi connectivity index (χ3v) is 5.07. The van der Waals surface area contributed by atoms with E-state index in [1.165, 1.54) is 18.4 Å². The van der Waals surface area contributed by atoms with E-state index in [-0.39, 0.29) is 6.04 Å². The summed E-state index contributed by atoms with van der Waals surface area (Å²) >= 11 is 0. The standard InChI is InChI=1S/C13H22N4O3S/c1-16(2)21(18,19)15-12-6-7-17(10-12)9-11-4-5-13(20-3)14-8-11/h4-5,8,12,15H,6-7,9-10H2,1-3H3/t12-/m0/s1. The van der Waals surface area contributed by atoms with Crippen LogP contribution in [0.2, 0.25) is 0 Å². The topological polar surface area (TPSA) is 74.8 Å². The molecule has 0 radical (unpaired) electrons. The van der Waals surface area contributed by atoms with E-state index < -0.39 is 10.2 Å². The summed E-state index contributed by atoms with van der Waals surface area (Å²) in [6, 6.07) is 3.77. The Morgan fingerprint density at radius 3 is 2.81 bits per heavy atom. The molecule has 2 heterocycles. The van der Waals surface area contributed by atoms with E-state index in [0.29, 0.717) is 12.4 Å². The second kappa shape index (κ2) is 6.69. The molecular weight excluding hydrogens is 292 g/mol. The Labute approximate surface area is 126 Å². The lowest BCUT2D eigenvalue weighted by atomic mass is 10.2. The lowest BCUT2D eigenvalue weighted by Gasteiger charge is -2.18. The van der Waals surface area contributed by atoms with Crippen LogP contribution >= 0.6 is 0 Å². The van der Waals surface area contributed by atoms with Crippen LogP contribution in [-0.2, 0) is 16.8 Å². The number of aromatic nitrogens is 1. The molecule has 0 aliphatic carbocycles. The maximum Gasteiger partial charge on any atom is 0.279 e. The predicted molar refractivity (Wildman–Crippen MR) is 80.2 cm³/mol. The highest BCUT2D eigenvalue weighted by molar-refractivity contribution is 7.87. The summed E-state index contributed by atoms with van der Waals surface area (Å²) in [6.07, 6.45) is 2.60. The van der Waals surface area contributed by atoms with E-state index in [4.69, 9.17) is 4.74 Å². The van der Waals surface area contributed by atoms with Crippen LogP contribution in [-0.4, -0.2) is 62.9 Å². The highest BCUT2D eigenvalue weighted by Crippen LogP contribution is 2.15. The van der Waals surface area contributed by atoms with Crippen LogP contribution < -0.4 is 9.46 Å². The van der Waals surface area contributed by atoms with Crippen LogP contribution in [0.1, 0.15) is 12.0 Å². The van der Waals surface area contributed by atoms with E-state index in [1.54, 1.807) is 13.3 Å². The van der Waals surface area contributed by atoms with Gasteiger partial charge in [-0.25, -0.2) is 4.98 Å². The van der Waals surface area contributed by atoms with E-state index in [0.717, 1.165) is 25.1 Å². The van der Waals surface area contributed by atoms with Crippen molar-refractivity contribution in [2.45, 2.75) is 19.0 Å². The minimum Gasteiger partial charge on any atom is -0.481 e. The van der Waals surface area contributed by atoms with Crippen molar-refractivity contribution in [3.63, 3.8) is 0 Å². The van der Waals surface area contributed by atoms with Crippen LogP contribution in [0.3, 0.4) is 0 Å². The molecule has 0 unspecified atom stereocenters. The molecule has 7 nitrogen and oxygen atoms in total. The Bertz CT molecular complexity index is 559. The SMILES string of the molecule is COc1ccc(CN2CC[C@H](NS(=O)(=O)N(C)C)C2)cn1. The Balaban J connectivity index is 1.87. The zero-order chi connectivity index (χ0) is 15.5. The van der Waals surface area contributed by atoms with Crippen LogP contribution in [0.15, 0.2) is 18.3 Å². The molecule has 0 aromatic carbocycles. The average Bonchev–Trinajstić information content (AvgIpc) is 2.86. The molecule has 1 atom stereocenters. The monoisotopic (exact) mass is 314 g/mol. The molecule has 1 N–H and O–H groups in total. The summed E-state index contributed by atoms with van der Waals surface area (Å²) in [7, 11) is 1.28. The van der Waals surface area contributed by atoms with Gasteiger partial charge < -0.3 is 4.74 Å². The Kier molecular flexibility index (Phi) is 5.15. The molecule has 118 valence electrons. The second-order valence-corrected chi connectivity index (χ2v) is 7.25. The Hall–Kier alpha value is -1.22. The van der Waals surface area contributed by atoms with Gasteiger partial charge in [0.1, 0.15) is 0 Å². The molecule has 1 aromatic rings.